The third kappa shape index (κ3) is 2.94. The van der Waals surface area contributed by atoms with Crippen LogP contribution in [0, 0.1) is 0 Å². The van der Waals surface area contributed by atoms with Gasteiger partial charge in [0.15, 0.2) is 0 Å². The van der Waals surface area contributed by atoms with Gasteiger partial charge in [-0.25, -0.2) is 4.98 Å². The zero-order valence-corrected chi connectivity index (χ0v) is 12.7. The summed E-state index contributed by atoms with van der Waals surface area (Å²) in [7, 11) is 0. The molecule has 0 aliphatic heterocycles. The Hall–Kier alpha value is -2.24. The summed E-state index contributed by atoms with van der Waals surface area (Å²) in [6.45, 7) is 6.95. The number of para-hydroxylation sites is 1. The molecule has 1 heterocycles. The molecule has 2 rings (SSSR count). The topological polar surface area (TPSA) is 82.2 Å². The number of hydrogen-bond donors (Lipinski definition) is 2. The van der Waals surface area contributed by atoms with E-state index in [1.165, 1.54) is 0 Å². The molecule has 0 radical (unpaired) electrons. The standard InChI is InChI=1S/C15H22N4O2/c1-4-9-17-14(20)10(3)19-11-7-6-8-12(21-5-2)13(11)18-15(19)16/h6-8,10H,4-5,9H2,1-3H3,(H2,16,18)(H,17,20). The number of nitrogens with two attached hydrogens (primary N) is 1. The Bertz CT molecular complexity index is 636. The Morgan fingerprint density at radius 1 is 1.48 bits per heavy atom. The van der Waals surface area contributed by atoms with Crippen LogP contribution in [0.1, 0.15) is 33.2 Å². The second kappa shape index (κ2) is 6.47. The van der Waals surface area contributed by atoms with Crippen LogP contribution < -0.4 is 15.8 Å². The van der Waals surface area contributed by atoms with Crippen molar-refractivity contribution in [3.05, 3.63) is 18.2 Å². The first-order valence-electron chi connectivity index (χ1n) is 7.27. The van der Waals surface area contributed by atoms with E-state index in [-0.39, 0.29) is 5.91 Å². The largest absolute Gasteiger partial charge is 0.492 e. The monoisotopic (exact) mass is 290 g/mol. The van der Waals surface area contributed by atoms with Crippen LogP contribution in [-0.4, -0.2) is 28.6 Å². The fourth-order valence-corrected chi connectivity index (χ4v) is 2.30. The summed E-state index contributed by atoms with van der Waals surface area (Å²) in [6, 6.07) is 5.20. The highest BCUT2D eigenvalue weighted by atomic mass is 16.5. The zero-order chi connectivity index (χ0) is 15.4. The van der Waals surface area contributed by atoms with E-state index in [0.717, 1.165) is 11.9 Å². The number of nitrogens with one attached hydrogen (secondary N) is 1. The fourth-order valence-electron chi connectivity index (χ4n) is 2.30. The van der Waals surface area contributed by atoms with Crippen LogP contribution in [0.3, 0.4) is 0 Å². The summed E-state index contributed by atoms with van der Waals surface area (Å²) in [5.74, 6) is 0.933. The van der Waals surface area contributed by atoms with Crippen LogP contribution in [0.2, 0.25) is 0 Å². The molecule has 1 unspecified atom stereocenters. The Kier molecular flexibility index (Phi) is 4.67. The number of nitrogen functional groups attached to an aromatic ring is 1. The third-order valence-electron chi connectivity index (χ3n) is 3.33. The maximum atomic E-state index is 12.2. The molecule has 3 N–H and O–H groups in total. The summed E-state index contributed by atoms with van der Waals surface area (Å²) in [4.78, 5) is 16.5. The van der Waals surface area contributed by atoms with Gasteiger partial charge in [0, 0.05) is 6.54 Å². The zero-order valence-electron chi connectivity index (χ0n) is 12.7. The van der Waals surface area contributed by atoms with Gasteiger partial charge in [0.05, 0.1) is 12.1 Å². The summed E-state index contributed by atoms with van der Waals surface area (Å²) in [6.07, 6.45) is 0.896. The van der Waals surface area contributed by atoms with E-state index in [0.29, 0.717) is 30.4 Å². The lowest BCUT2D eigenvalue weighted by molar-refractivity contribution is -0.123. The molecule has 1 atom stereocenters. The second-order valence-corrected chi connectivity index (χ2v) is 4.86. The molecule has 0 aliphatic rings. The molecule has 1 aromatic carbocycles. The Morgan fingerprint density at radius 3 is 2.90 bits per heavy atom. The lowest BCUT2D eigenvalue weighted by atomic mass is 10.2. The van der Waals surface area contributed by atoms with Gasteiger partial charge in [-0.2, -0.15) is 0 Å². The first-order valence-corrected chi connectivity index (χ1v) is 7.27. The van der Waals surface area contributed by atoms with Crippen molar-refractivity contribution in [2.75, 3.05) is 18.9 Å². The lowest BCUT2D eigenvalue weighted by Crippen LogP contribution is -2.31. The number of benzene rings is 1. The minimum atomic E-state index is -0.418. The van der Waals surface area contributed by atoms with Crippen molar-refractivity contribution in [3.8, 4) is 5.75 Å². The van der Waals surface area contributed by atoms with Crippen molar-refractivity contribution < 1.29 is 9.53 Å². The Labute approximate surface area is 124 Å². The van der Waals surface area contributed by atoms with Crippen LogP contribution in [0.25, 0.3) is 11.0 Å². The number of carbonyl (C=O) groups is 1. The Morgan fingerprint density at radius 2 is 2.24 bits per heavy atom. The van der Waals surface area contributed by atoms with Gasteiger partial charge in [-0.15, -0.1) is 0 Å². The Balaban J connectivity index is 2.42. The molecular formula is C15H22N4O2. The molecule has 114 valence electrons. The first-order chi connectivity index (χ1) is 10.1. The van der Waals surface area contributed by atoms with E-state index in [9.17, 15) is 4.79 Å². The van der Waals surface area contributed by atoms with Crippen molar-refractivity contribution in [1.82, 2.24) is 14.9 Å². The number of anilines is 1. The third-order valence-corrected chi connectivity index (χ3v) is 3.33. The minimum Gasteiger partial charge on any atom is -0.492 e. The molecule has 0 fully saturated rings. The molecular weight excluding hydrogens is 268 g/mol. The number of rotatable bonds is 6. The van der Waals surface area contributed by atoms with Gasteiger partial charge in [-0.3, -0.25) is 9.36 Å². The van der Waals surface area contributed by atoms with E-state index in [1.807, 2.05) is 39.0 Å². The molecule has 6 heteroatoms. The highest BCUT2D eigenvalue weighted by Crippen LogP contribution is 2.29. The number of ether oxygens (including phenoxy) is 1. The van der Waals surface area contributed by atoms with Gasteiger partial charge >= 0.3 is 0 Å². The normalized spacial score (nSPS) is 12.3. The van der Waals surface area contributed by atoms with Gasteiger partial charge in [-0.1, -0.05) is 13.0 Å². The van der Waals surface area contributed by atoms with E-state index in [2.05, 4.69) is 10.3 Å². The van der Waals surface area contributed by atoms with Crippen molar-refractivity contribution in [1.29, 1.82) is 0 Å². The van der Waals surface area contributed by atoms with Crippen LogP contribution >= 0.6 is 0 Å². The van der Waals surface area contributed by atoms with Crippen LogP contribution in [0.15, 0.2) is 18.2 Å². The highest BCUT2D eigenvalue weighted by molar-refractivity contribution is 5.88. The predicted molar refractivity (Wildman–Crippen MR) is 83.3 cm³/mol. The fraction of sp³-hybridized carbons (Fsp3) is 0.467. The molecule has 1 aromatic heterocycles. The summed E-state index contributed by atoms with van der Waals surface area (Å²) in [5.41, 5.74) is 7.49. The number of amides is 1. The summed E-state index contributed by atoms with van der Waals surface area (Å²) in [5, 5.41) is 2.88. The number of nitrogens with zero attached hydrogens (tertiary/aromatic N) is 2. The first kappa shape index (κ1) is 15.2. The minimum absolute atomic E-state index is 0.0651. The van der Waals surface area contributed by atoms with Crippen molar-refractivity contribution in [3.63, 3.8) is 0 Å². The molecule has 0 aliphatic carbocycles. The molecule has 21 heavy (non-hydrogen) atoms. The maximum Gasteiger partial charge on any atom is 0.242 e. The maximum absolute atomic E-state index is 12.2. The molecule has 0 bridgehead atoms. The molecule has 1 amide bonds. The van der Waals surface area contributed by atoms with Crippen molar-refractivity contribution in [2.24, 2.45) is 0 Å². The van der Waals surface area contributed by atoms with Gasteiger partial charge in [0.1, 0.15) is 17.3 Å². The van der Waals surface area contributed by atoms with Gasteiger partial charge in [0.25, 0.3) is 0 Å². The molecule has 0 saturated carbocycles. The van der Waals surface area contributed by atoms with E-state index in [1.54, 1.807) is 4.57 Å². The number of imidazole rings is 1. The van der Waals surface area contributed by atoms with Gasteiger partial charge < -0.3 is 15.8 Å². The van der Waals surface area contributed by atoms with E-state index in [4.69, 9.17) is 10.5 Å². The number of fused-ring (bicyclic) bond motifs is 1. The number of carbonyl (C=O) groups excluding carboxylic acids is 1. The average Bonchev–Trinajstić information content (AvgIpc) is 2.81. The quantitative estimate of drug-likeness (QED) is 0.853. The lowest BCUT2D eigenvalue weighted by Gasteiger charge is -2.15. The van der Waals surface area contributed by atoms with E-state index < -0.39 is 6.04 Å². The molecule has 6 nitrogen and oxygen atoms in total. The van der Waals surface area contributed by atoms with Crippen LogP contribution in [0.5, 0.6) is 5.75 Å². The molecule has 2 aromatic rings. The van der Waals surface area contributed by atoms with E-state index >= 15 is 0 Å². The van der Waals surface area contributed by atoms with Crippen molar-refractivity contribution in [2.45, 2.75) is 33.2 Å². The highest BCUT2D eigenvalue weighted by Gasteiger charge is 2.21. The second-order valence-electron chi connectivity index (χ2n) is 4.86. The number of aromatic nitrogens is 2. The van der Waals surface area contributed by atoms with Gasteiger partial charge in [0.2, 0.25) is 11.9 Å². The molecule has 0 saturated heterocycles. The van der Waals surface area contributed by atoms with Gasteiger partial charge in [-0.05, 0) is 32.4 Å². The summed E-state index contributed by atoms with van der Waals surface area (Å²) >= 11 is 0. The predicted octanol–water partition coefficient (Wildman–Crippen LogP) is 2.10. The number of hydrogen-bond acceptors (Lipinski definition) is 4. The summed E-state index contributed by atoms with van der Waals surface area (Å²) < 4.78 is 7.30. The van der Waals surface area contributed by atoms with Crippen LogP contribution in [-0.2, 0) is 4.79 Å². The van der Waals surface area contributed by atoms with Crippen LogP contribution in [0.4, 0.5) is 5.95 Å². The molecule has 0 spiro atoms. The average molecular weight is 290 g/mol. The SMILES string of the molecule is CCCNC(=O)C(C)n1c(N)nc2c(OCC)cccc21. The van der Waals surface area contributed by atoms with Crippen molar-refractivity contribution >= 4 is 22.9 Å². The smallest absolute Gasteiger partial charge is 0.242 e.